The summed E-state index contributed by atoms with van der Waals surface area (Å²) in [5.41, 5.74) is 2.13. The van der Waals surface area contributed by atoms with Crippen molar-refractivity contribution in [2.45, 2.75) is 39.3 Å². The summed E-state index contributed by atoms with van der Waals surface area (Å²) < 4.78 is 5.44. The van der Waals surface area contributed by atoms with Gasteiger partial charge in [0.05, 0.1) is 6.54 Å². The van der Waals surface area contributed by atoms with Crippen molar-refractivity contribution < 1.29 is 14.3 Å². The first-order chi connectivity index (χ1) is 12.8. The summed E-state index contributed by atoms with van der Waals surface area (Å²) in [6.07, 6.45) is 3.47. The zero-order valence-electron chi connectivity index (χ0n) is 15.8. The summed E-state index contributed by atoms with van der Waals surface area (Å²) in [4.78, 5) is 26.2. The Morgan fingerprint density at radius 3 is 2.70 bits per heavy atom. The highest BCUT2D eigenvalue weighted by Crippen LogP contribution is 2.25. The molecule has 0 unspecified atom stereocenters. The largest absolute Gasteiger partial charge is 0.444 e. The van der Waals surface area contributed by atoms with Gasteiger partial charge in [0.2, 0.25) is 5.91 Å². The van der Waals surface area contributed by atoms with Crippen LogP contribution in [0.15, 0.2) is 36.4 Å². The van der Waals surface area contributed by atoms with Crippen molar-refractivity contribution in [3.8, 4) is 0 Å². The number of rotatable bonds is 3. The molecule has 1 aliphatic heterocycles. The van der Waals surface area contributed by atoms with Crippen molar-refractivity contribution in [1.82, 2.24) is 15.1 Å². The second-order valence-corrected chi connectivity index (χ2v) is 7.41. The van der Waals surface area contributed by atoms with Crippen LogP contribution >= 0.6 is 0 Å². The molecule has 1 aliphatic rings. The molecule has 0 bridgehead atoms. The number of carbonyl (C=O) groups is 2. The van der Waals surface area contributed by atoms with Crippen LogP contribution < -0.4 is 5.32 Å². The Kier molecular flexibility index (Phi) is 5.30. The number of H-pyrrole nitrogens is 1. The molecule has 0 spiro atoms. The Morgan fingerprint density at radius 1 is 1.26 bits per heavy atom. The standard InChI is InChI=1S/C20H24N4O3/c1-20(2,3)27-19(26)24-12-11-16-15(13-24)18(23-22-16)21-17(25)10-9-14-7-5-4-6-8-14/h4-10H,11-13H2,1-3H3,(H2,21,22,23,25)/b10-9+. The maximum atomic E-state index is 12.3. The summed E-state index contributed by atoms with van der Waals surface area (Å²) in [6, 6.07) is 9.57. The van der Waals surface area contributed by atoms with Crippen LogP contribution in [0.25, 0.3) is 6.08 Å². The van der Waals surface area contributed by atoms with E-state index in [0.717, 1.165) is 16.8 Å². The molecule has 0 atom stereocenters. The molecular weight excluding hydrogens is 344 g/mol. The van der Waals surface area contributed by atoms with Crippen LogP contribution in [-0.4, -0.2) is 39.2 Å². The molecule has 0 saturated carbocycles. The lowest BCUT2D eigenvalue weighted by Crippen LogP contribution is -2.39. The Labute approximate surface area is 158 Å². The van der Waals surface area contributed by atoms with Crippen LogP contribution in [0.5, 0.6) is 0 Å². The minimum Gasteiger partial charge on any atom is -0.444 e. The van der Waals surface area contributed by atoms with E-state index in [1.807, 2.05) is 51.1 Å². The number of aromatic amines is 1. The molecule has 0 aliphatic carbocycles. The summed E-state index contributed by atoms with van der Waals surface area (Å²) in [7, 11) is 0. The number of hydrogen-bond donors (Lipinski definition) is 2. The van der Waals surface area contributed by atoms with Crippen molar-refractivity contribution in [2.75, 3.05) is 11.9 Å². The van der Waals surface area contributed by atoms with Gasteiger partial charge in [-0.2, -0.15) is 5.10 Å². The van der Waals surface area contributed by atoms with Crippen LogP contribution in [-0.2, 0) is 22.5 Å². The molecule has 142 valence electrons. The quantitative estimate of drug-likeness (QED) is 0.813. The first-order valence-electron chi connectivity index (χ1n) is 8.90. The van der Waals surface area contributed by atoms with Crippen molar-refractivity contribution in [3.05, 3.63) is 53.2 Å². The third kappa shape index (κ3) is 4.97. The van der Waals surface area contributed by atoms with Crippen molar-refractivity contribution in [3.63, 3.8) is 0 Å². The molecule has 7 nitrogen and oxygen atoms in total. The third-order valence-electron chi connectivity index (χ3n) is 4.05. The van der Waals surface area contributed by atoms with E-state index in [4.69, 9.17) is 4.74 Å². The lowest BCUT2D eigenvalue weighted by molar-refractivity contribution is -0.111. The fourth-order valence-corrected chi connectivity index (χ4v) is 2.78. The normalized spacial score (nSPS) is 14.1. The van der Waals surface area contributed by atoms with Crippen LogP contribution in [0.2, 0.25) is 0 Å². The van der Waals surface area contributed by atoms with Gasteiger partial charge in [0, 0.05) is 30.3 Å². The number of amides is 2. The van der Waals surface area contributed by atoms with Gasteiger partial charge in [0.1, 0.15) is 5.60 Å². The minimum absolute atomic E-state index is 0.275. The Morgan fingerprint density at radius 2 is 2.00 bits per heavy atom. The Hall–Kier alpha value is -3.09. The molecule has 2 heterocycles. The number of nitrogens with one attached hydrogen (secondary N) is 2. The number of carbonyl (C=O) groups excluding carboxylic acids is 2. The SMILES string of the molecule is CC(C)(C)OC(=O)N1CCc2[nH]nc(NC(=O)/C=C/c3ccccc3)c2C1. The van der Waals surface area contributed by atoms with Crippen molar-refractivity contribution >= 4 is 23.9 Å². The molecule has 2 aromatic rings. The molecule has 1 aromatic heterocycles. The molecule has 0 radical (unpaired) electrons. The van der Waals surface area contributed by atoms with Crippen LogP contribution in [0, 0.1) is 0 Å². The average Bonchev–Trinajstić information content (AvgIpc) is 3.01. The zero-order valence-corrected chi connectivity index (χ0v) is 15.8. The second kappa shape index (κ2) is 7.65. The van der Waals surface area contributed by atoms with Gasteiger partial charge < -0.3 is 15.0 Å². The van der Waals surface area contributed by atoms with Gasteiger partial charge in [-0.25, -0.2) is 4.79 Å². The summed E-state index contributed by atoms with van der Waals surface area (Å²) >= 11 is 0. The highest BCUT2D eigenvalue weighted by atomic mass is 16.6. The Bertz CT molecular complexity index is 850. The smallest absolute Gasteiger partial charge is 0.410 e. The predicted octanol–water partition coefficient (Wildman–Crippen LogP) is 3.35. The summed E-state index contributed by atoms with van der Waals surface area (Å²) in [5.74, 6) is 0.170. The number of ether oxygens (including phenoxy) is 1. The number of nitrogens with zero attached hydrogens (tertiary/aromatic N) is 2. The van der Waals surface area contributed by atoms with E-state index in [1.54, 1.807) is 11.0 Å². The van der Waals surface area contributed by atoms with Crippen LogP contribution in [0.4, 0.5) is 10.6 Å². The van der Waals surface area contributed by atoms with Gasteiger partial charge in [-0.1, -0.05) is 30.3 Å². The first-order valence-corrected chi connectivity index (χ1v) is 8.90. The molecule has 2 amide bonds. The molecule has 7 heteroatoms. The van der Waals surface area contributed by atoms with Gasteiger partial charge in [-0.3, -0.25) is 9.89 Å². The van der Waals surface area contributed by atoms with Crippen molar-refractivity contribution in [2.24, 2.45) is 0 Å². The Balaban J connectivity index is 1.66. The van der Waals surface area contributed by atoms with Gasteiger partial charge in [0.25, 0.3) is 0 Å². The van der Waals surface area contributed by atoms with E-state index in [-0.39, 0.29) is 12.0 Å². The molecular formula is C20H24N4O3. The highest BCUT2D eigenvalue weighted by molar-refractivity contribution is 6.01. The van der Waals surface area contributed by atoms with Crippen LogP contribution in [0.3, 0.4) is 0 Å². The van der Waals surface area contributed by atoms with E-state index in [9.17, 15) is 9.59 Å². The maximum Gasteiger partial charge on any atom is 0.410 e. The van der Waals surface area contributed by atoms with E-state index >= 15 is 0 Å². The topological polar surface area (TPSA) is 87.3 Å². The van der Waals surface area contributed by atoms with E-state index in [0.29, 0.717) is 25.3 Å². The number of fused-ring (bicyclic) bond motifs is 1. The van der Waals surface area contributed by atoms with Gasteiger partial charge in [-0.05, 0) is 32.4 Å². The molecule has 3 rings (SSSR count). The molecule has 1 aromatic carbocycles. The maximum absolute atomic E-state index is 12.3. The second-order valence-electron chi connectivity index (χ2n) is 7.41. The van der Waals surface area contributed by atoms with E-state index in [1.165, 1.54) is 6.08 Å². The van der Waals surface area contributed by atoms with E-state index in [2.05, 4.69) is 15.5 Å². The minimum atomic E-state index is -0.549. The summed E-state index contributed by atoms with van der Waals surface area (Å²) in [5, 5.41) is 9.92. The molecule has 0 saturated heterocycles. The molecule has 0 fully saturated rings. The summed E-state index contributed by atoms with van der Waals surface area (Å²) in [6.45, 7) is 6.40. The van der Waals surface area contributed by atoms with Gasteiger partial charge in [-0.15, -0.1) is 0 Å². The number of benzene rings is 1. The molecule has 2 N–H and O–H groups in total. The van der Waals surface area contributed by atoms with Crippen molar-refractivity contribution in [1.29, 1.82) is 0 Å². The average molecular weight is 368 g/mol. The lowest BCUT2D eigenvalue weighted by Gasteiger charge is -2.30. The fourth-order valence-electron chi connectivity index (χ4n) is 2.78. The van der Waals surface area contributed by atoms with Crippen LogP contribution in [0.1, 0.15) is 37.6 Å². The first kappa shape index (κ1) is 18.7. The number of anilines is 1. The lowest BCUT2D eigenvalue weighted by atomic mass is 10.1. The van der Waals surface area contributed by atoms with E-state index < -0.39 is 5.60 Å². The number of hydrogen-bond acceptors (Lipinski definition) is 4. The third-order valence-corrected chi connectivity index (χ3v) is 4.05. The molecule has 27 heavy (non-hydrogen) atoms. The highest BCUT2D eigenvalue weighted by Gasteiger charge is 2.28. The zero-order chi connectivity index (χ0) is 19.4. The monoisotopic (exact) mass is 368 g/mol. The van der Waals surface area contributed by atoms with Gasteiger partial charge in [0.15, 0.2) is 5.82 Å². The fraction of sp³-hybridized carbons (Fsp3) is 0.350. The van der Waals surface area contributed by atoms with Gasteiger partial charge >= 0.3 is 6.09 Å². The number of aromatic nitrogens is 2. The predicted molar refractivity (Wildman–Crippen MR) is 103 cm³/mol.